The summed E-state index contributed by atoms with van der Waals surface area (Å²) in [6.07, 6.45) is 4.16. The summed E-state index contributed by atoms with van der Waals surface area (Å²) in [4.78, 5) is 0. The Kier molecular flexibility index (Phi) is 3.23. The number of aromatic hydroxyl groups is 1. The maximum absolute atomic E-state index is 9.39. The van der Waals surface area contributed by atoms with Gasteiger partial charge in [0.05, 0.1) is 0 Å². The lowest BCUT2D eigenvalue weighted by atomic mass is 9.92. The summed E-state index contributed by atoms with van der Waals surface area (Å²) in [5.74, 6) is 1.55. The van der Waals surface area contributed by atoms with E-state index in [9.17, 15) is 5.11 Å². The number of allylic oxidation sites excluding steroid dienone is 1. The van der Waals surface area contributed by atoms with Crippen molar-refractivity contribution in [3.05, 3.63) is 65.2 Å². The second-order valence-corrected chi connectivity index (χ2v) is 5.22. The number of rotatable bonds is 2. The minimum absolute atomic E-state index is 0.0199. The molecular weight excluding hydrogens is 248 g/mol. The topological polar surface area (TPSA) is 29.5 Å². The van der Waals surface area contributed by atoms with Crippen LogP contribution in [0.25, 0.3) is 6.08 Å². The van der Waals surface area contributed by atoms with Crippen LogP contribution in [0.2, 0.25) is 0 Å². The van der Waals surface area contributed by atoms with Gasteiger partial charge in [0.1, 0.15) is 17.6 Å². The molecule has 2 aromatic carbocycles. The number of ether oxygens (including phenoxy) is 1. The molecule has 3 rings (SSSR count). The van der Waals surface area contributed by atoms with Gasteiger partial charge in [-0.15, -0.1) is 0 Å². The van der Waals surface area contributed by atoms with Gasteiger partial charge in [-0.2, -0.15) is 0 Å². The summed E-state index contributed by atoms with van der Waals surface area (Å²) in [6, 6.07) is 13.6. The van der Waals surface area contributed by atoms with Crippen LogP contribution in [0.3, 0.4) is 0 Å². The van der Waals surface area contributed by atoms with E-state index in [-0.39, 0.29) is 11.9 Å². The molecule has 2 aromatic rings. The molecule has 1 N–H and O–H groups in total. The molecule has 2 nitrogen and oxygen atoms in total. The van der Waals surface area contributed by atoms with Crippen molar-refractivity contribution in [2.45, 2.75) is 25.9 Å². The Morgan fingerprint density at radius 2 is 1.85 bits per heavy atom. The standard InChI is InChI=1S/C18H18O2/c1-3-4-13-5-10-17-16(11-13)12(2)18(20-17)14-6-8-15(19)9-7-14/h3-12,18-19H,1-2H3/b4-3+/t12-,18+/m1/s1. The van der Waals surface area contributed by atoms with E-state index in [0.29, 0.717) is 5.92 Å². The summed E-state index contributed by atoms with van der Waals surface area (Å²) in [6.45, 7) is 4.20. The third kappa shape index (κ3) is 2.18. The van der Waals surface area contributed by atoms with Crippen LogP contribution in [-0.4, -0.2) is 5.11 Å². The first-order valence-electron chi connectivity index (χ1n) is 6.91. The van der Waals surface area contributed by atoms with Gasteiger partial charge in [-0.1, -0.05) is 37.3 Å². The van der Waals surface area contributed by atoms with Gasteiger partial charge in [0.15, 0.2) is 0 Å². The molecule has 0 aliphatic carbocycles. The summed E-state index contributed by atoms with van der Waals surface area (Å²) < 4.78 is 6.07. The minimum atomic E-state index is 0.0199. The minimum Gasteiger partial charge on any atom is -0.508 e. The Labute approximate surface area is 119 Å². The zero-order chi connectivity index (χ0) is 14.1. The van der Waals surface area contributed by atoms with E-state index in [1.165, 1.54) is 11.1 Å². The van der Waals surface area contributed by atoms with Gasteiger partial charge < -0.3 is 9.84 Å². The number of benzene rings is 2. The molecule has 2 atom stereocenters. The molecule has 0 fully saturated rings. The van der Waals surface area contributed by atoms with E-state index in [1.54, 1.807) is 12.1 Å². The highest BCUT2D eigenvalue weighted by Gasteiger charge is 2.32. The molecule has 0 unspecified atom stereocenters. The highest BCUT2D eigenvalue weighted by atomic mass is 16.5. The lowest BCUT2D eigenvalue weighted by Gasteiger charge is -2.15. The third-order valence-electron chi connectivity index (χ3n) is 3.81. The maximum Gasteiger partial charge on any atom is 0.130 e. The van der Waals surface area contributed by atoms with E-state index in [1.807, 2.05) is 31.2 Å². The molecule has 102 valence electrons. The van der Waals surface area contributed by atoms with Gasteiger partial charge in [0.25, 0.3) is 0 Å². The average Bonchev–Trinajstić information content (AvgIpc) is 2.78. The highest BCUT2D eigenvalue weighted by Crippen LogP contribution is 2.46. The van der Waals surface area contributed by atoms with Gasteiger partial charge in [-0.25, -0.2) is 0 Å². The zero-order valence-corrected chi connectivity index (χ0v) is 11.7. The fourth-order valence-electron chi connectivity index (χ4n) is 2.75. The number of phenolic OH excluding ortho intramolecular Hbond substituents is 1. The van der Waals surface area contributed by atoms with Crippen molar-refractivity contribution >= 4 is 6.08 Å². The summed E-state index contributed by atoms with van der Waals surface area (Å²) in [5, 5.41) is 9.39. The van der Waals surface area contributed by atoms with Gasteiger partial charge in [0, 0.05) is 11.5 Å². The largest absolute Gasteiger partial charge is 0.508 e. The first-order valence-corrected chi connectivity index (χ1v) is 6.91. The van der Waals surface area contributed by atoms with Crippen LogP contribution in [-0.2, 0) is 0 Å². The van der Waals surface area contributed by atoms with E-state index in [2.05, 4.69) is 25.1 Å². The molecule has 2 heteroatoms. The smallest absolute Gasteiger partial charge is 0.130 e. The number of hydrogen-bond acceptors (Lipinski definition) is 2. The second kappa shape index (κ2) is 5.04. The van der Waals surface area contributed by atoms with Crippen molar-refractivity contribution in [1.29, 1.82) is 0 Å². The Hall–Kier alpha value is -2.22. The summed E-state index contributed by atoms with van der Waals surface area (Å²) in [5.41, 5.74) is 3.55. The molecule has 0 aromatic heterocycles. The SMILES string of the molecule is C/C=C/c1ccc2c(c1)[C@@H](C)[C@@H](c1ccc(O)cc1)O2. The van der Waals surface area contributed by atoms with Gasteiger partial charge >= 0.3 is 0 Å². The number of hydrogen-bond donors (Lipinski definition) is 1. The Morgan fingerprint density at radius 1 is 1.10 bits per heavy atom. The van der Waals surface area contributed by atoms with Gasteiger partial charge in [-0.3, -0.25) is 0 Å². The monoisotopic (exact) mass is 266 g/mol. The van der Waals surface area contributed by atoms with Gasteiger partial charge in [0.2, 0.25) is 0 Å². The van der Waals surface area contributed by atoms with Crippen LogP contribution >= 0.6 is 0 Å². The van der Waals surface area contributed by atoms with Crippen molar-refractivity contribution < 1.29 is 9.84 Å². The zero-order valence-electron chi connectivity index (χ0n) is 11.7. The first-order chi connectivity index (χ1) is 9.69. The lowest BCUT2D eigenvalue weighted by molar-refractivity contribution is 0.216. The predicted molar refractivity (Wildman–Crippen MR) is 81.0 cm³/mol. The van der Waals surface area contributed by atoms with E-state index in [4.69, 9.17) is 4.74 Å². The molecule has 0 bridgehead atoms. The Balaban J connectivity index is 1.94. The molecular formula is C18H18O2. The highest BCUT2D eigenvalue weighted by molar-refractivity contribution is 5.55. The van der Waals surface area contributed by atoms with Crippen molar-refractivity contribution in [3.8, 4) is 11.5 Å². The molecule has 1 aliphatic heterocycles. The van der Waals surface area contributed by atoms with Crippen molar-refractivity contribution in [2.24, 2.45) is 0 Å². The van der Waals surface area contributed by atoms with E-state index < -0.39 is 0 Å². The van der Waals surface area contributed by atoms with Crippen LogP contribution in [0.15, 0.2) is 48.5 Å². The van der Waals surface area contributed by atoms with Crippen LogP contribution < -0.4 is 4.74 Å². The van der Waals surface area contributed by atoms with Crippen LogP contribution in [0.5, 0.6) is 11.5 Å². The normalized spacial score (nSPS) is 20.9. The average molecular weight is 266 g/mol. The van der Waals surface area contributed by atoms with Crippen molar-refractivity contribution in [2.75, 3.05) is 0 Å². The summed E-state index contributed by atoms with van der Waals surface area (Å²) >= 11 is 0. The third-order valence-corrected chi connectivity index (χ3v) is 3.81. The van der Waals surface area contributed by atoms with Crippen LogP contribution in [0, 0.1) is 0 Å². The second-order valence-electron chi connectivity index (χ2n) is 5.22. The molecule has 0 radical (unpaired) electrons. The molecule has 1 aliphatic rings. The van der Waals surface area contributed by atoms with Crippen molar-refractivity contribution in [3.63, 3.8) is 0 Å². The molecule has 1 heterocycles. The maximum atomic E-state index is 9.39. The number of phenols is 1. The van der Waals surface area contributed by atoms with E-state index in [0.717, 1.165) is 11.3 Å². The first kappa shape index (κ1) is 12.8. The Morgan fingerprint density at radius 3 is 2.55 bits per heavy atom. The number of fused-ring (bicyclic) bond motifs is 1. The van der Waals surface area contributed by atoms with Crippen LogP contribution in [0.1, 0.15) is 42.6 Å². The van der Waals surface area contributed by atoms with Crippen molar-refractivity contribution in [1.82, 2.24) is 0 Å². The quantitative estimate of drug-likeness (QED) is 0.856. The molecule has 0 saturated heterocycles. The molecule has 0 saturated carbocycles. The summed E-state index contributed by atoms with van der Waals surface area (Å²) in [7, 11) is 0. The molecule has 20 heavy (non-hydrogen) atoms. The fourth-order valence-corrected chi connectivity index (χ4v) is 2.75. The predicted octanol–water partition coefficient (Wildman–Crippen LogP) is 4.66. The van der Waals surface area contributed by atoms with E-state index >= 15 is 0 Å². The fraction of sp³-hybridized carbons (Fsp3) is 0.222. The molecule has 0 amide bonds. The van der Waals surface area contributed by atoms with Gasteiger partial charge in [-0.05, 0) is 42.3 Å². The van der Waals surface area contributed by atoms with Crippen LogP contribution in [0.4, 0.5) is 0 Å². The lowest BCUT2D eigenvalue weighted by Crippen LogP contribution is -2.06. The molecule has 0 spiro atoms. The Bertz CT molecular complexity index is 641.